The van der Waals surface area contributed by atoms with Gasteiger partial charge < -0.3 is 20.7 Å². The number of carbonyl (C=O) groups excluding carboxylic acids is 1. The fourth-order valence-corrected chi connectivity index (χ4v) is 3.07. The summed E-state index contributed by atoms with van der Waals surface area (Å²) in [6.45, 7) is 7.22. The SMILES string of the molecule is CCOC1(Cl)C=C(N)C(NC(C)=O)(C(F)(F)F)C=C1N(CC)CC. The summed E-state index contributed by atoms with van der Waals surface area (Å²) in [5, 5.41) is 0.297. The van der Waals surface area contributed by atoms with Gasteiger partial charge in [0, 0.05) is 32.3 Å². The maximum Gasteiger partial charge on any atom is 0.420 e. The summed E-state index contributed by atoms with van der Waals surface area (Å²) in [5.74, 6) is -0.864. The quantitative estimate of drug-likeness (QED) is 0.706. The molecule has 0 aliphatic heterocycles. The van der Waals surface area contributed by atoms with Gasteiger partial charge in [-0.2, -0.15) is 13.2 Å². The average molecular weight is 370 g/mol. The smallest absolute Gasteiger partial charge is 0.400 e. The lowest BCUT2D eigenvalue weighted by Gasteiger charge is -2.44. The second-order valence-corrected chi connectivity index (χ2v) is 5.93. The molecule has 0 spiro atoms. The van der Waals surface area contributed by atoms with Crippen LogP contribution >= 0.6 is 11.6 Å². The van der Waals surface area contributed by atoms with E-state index in [1.54, 1.807) is 25.7 Å². The van der Waals surface area contributed by atoms with E-state index in [0.717, 1.165) is 19.1 Å². The van der Waals surface area contributed by atoms with Gasteiger partial charge in [-0.1, -0.05) is 11.6 Å². The Morgan fingerprint density at radius 2 is 1.88 bits per heavy atom. The van der Waals surface area contributed by atoms with Crippen molar-refractivity contribution in [2.24, 2.45) is 5.73 Å². The summed E-state index contributed by atoms with van der Waals surface area (Å²) < 4.78 is 46.9. The van der Waals surface area contributed by atoms with Crippen molar-refractivity contribution in [3.63, 3.8) is 0 Å². The Labute approximate surface area is 144 Å². The van der Waals surface area contributed by atoms with Gasteiger partial charge in [0.1, 0.15) is 0 Å². The minimum Gasteiger partial charge on any atom is -0.400 e. The first kappa shape index (κ1) is 20.6. The van der Waals surface area contributed by atoms with Gasteiger partial charge in [0.2, 0.25) is 11.0 Å². The van der Waals surface area contributed by atoms with E-state index in [4.69, 9.17) is 22.1 Å². The molecule has 1 amide bonds. The summed E-state index contributed by atoms with van der Waals surface area (Å²) in [4.78, 5) is 13.0. The number of hydrogen-bond donors (Lipinski definition) is 2. The minimum atomic E-state index is -4.85. The molecule has 2 atom stereocenters. The van der Waals surface area contributed by atoms with E-state index in [9.17, 15) is 18.0 Å². The normalized spacial score (nSPS) is 27.3. The van der Waals surface area contributed by atoms with E-state index in [0.29, 0.717) is 13.1 Å². The van der Waals surface area contributed by atoms with Crippen molar-refractivity contribution in [2.45, 2.75) is 44.5 Å². The molecule has 0 radical (unpaired) electrons. The van der Waals surface area contributed by atoms with Crippen molar-refractivity contribution in [2.75, 3.05) is 19.7 Å². The Bertz CT molecular complexity index is 547. The van der Waals surface area contributed by atoms with Crippen LogP contribution in [0, 0.1) is 0 Å². The van der Waals surface area contributed by atoms with Crippen LogP contribution in [-0.2, 0) is 9.53 Å². The Morgan fingerprint density at radius 1 is 1.33 bits per heavy atom. The van der Waals surface area contributed by atoms with Crippen molar-refractivity contribution in [3.05, 3.63) is 23.5 Å². The lowest BCUT2D eigenvalue weighted by Crippen LogP contribution is -2.63. The third-order valence-electron chi connectivity index (χ3n) is 3.78. The standard InChI is InChI=1S/C15H23ClF3N3O2/c1-5-22(6-2)12-9-13(15(17,18)19,21-10(4)23)11(20)8-14(12,16)24-7-3/h8-9H,5-7,20H2,1-4H3,(H,21,23). The summed E-state index contributed by atoms with van der Waals surface area (Å²) in [6.07, 6.45) is -2.99. The van der Waals surface area contributed by atoms with E-state index in [1.807, 2.05) is 5.32 Å². The molecule has 1 aliphatic carbocycles. The monoisotopic (exact) mass is 369 g/mol. The van der Waals surface area contributed by atoms with Gasteiger partial charge in [-0.05, 0) is 32.9 Å². The first-order valence-corrected chi connectivity index (χ1v) is 8.00. The molecule has 0 aromatic heterocycles. The highest BCUT2D eigenvalue weighted by Gasteiger charge is 2.60. The van der Waals surface area contributed by atoms with Crippen LogP contribution in [0.25, 0.3) is 0 Å². The fraction of sp³-hybridized carbons (Fsp3) is 0.667. The Kier molecular flexibility index (Phi) is 6.21. The molecule has 0 heterocycles. The number of nitrogens with one attached hydrogen (secondary N) is 1. The van der Waals surface area contributed by atoms with Gasteiger partial charge in [0.15, 0.2) is 5.54 Å². The Morgan fingerprint density at radius 3 is 2.25 bits per heavy atom. The molecule has 0 aromatic rings. The molecule has 1 aliphatic rings. The maximum absolute atomic E-state index is 13.8. The number of alkyl halides is 4. The van der Waals surface area contributed by atoms with Gasteiger partial charge in [0.05, 0.1) is 5.70 Å². The van der Waals surface area contributed by atoms with Gasteiger partial charge in [-0.15, -0.1) is 0 Å². The average Bonchev–Trinajstić information content (AvgIpc) is 2.43. The van der Waals surface area contributed by atoms with Crippen LogP contribution in [0.5, 0.6) is 0 Å². The highest BCUT2D eigenvalue weighted by atomic mass is 35.5. The lowest BCUT2D eigenvalue weighted by molar-refractivity contribution is -0.176. The summed E-state index contributed by atoms with van der Waals surface area (Å²) in [7, 11) is 0. The zero-order chi connectivity index (χ0) is 18.8. The Balaban J connectivity index is 3.64. The third kappa shape index (κ3) is 3.64. The maximum atomic E-state index is 13.8. The van der Waals surface area contributed by atoms with Crippen LogP contribution in [-0.4, -0.2) is 47.3 Å². The number of ether oxygens (including phenoxy) is 1. The van der Waals surface area contributed by atoms with Gasteiger partial charge in [0.25, 0.3) is 0 Å². The van der Waals surface area contributed by atoms with Crippen LogP contribution in [0.4, 0.5) is 13.2 Å². The molecule has 24 heavy (non-hydrogen) atoms. The van der Waals surface area contributed by atoms with Crippen molar-refractivity contribution in [3.8, 4) is 0 Å². The molecule has 1 rings (SSSR count). The van der Waals surface area contributed by atoms with Crippen molar-refractivity contribution >= 4 is 17.5 Å². The molecule has 5 nitrogen and oxygen atoms in total. The van der Waals surface area contributed by atoms with Crippen LogP contribution in [0.1, 0.15) is 27.7 Å². The highest BCUT2D eigenvalue weighted by molar-refractivity contribution is 6.26. The summed E-state index contributed by atoms with van der Waals surface area (Å²) in [6, 6.07) is 0. The molecule has 9 heteroatoms. The number of nitrogens with two attached hydrogens (primary N) is 1. The topological polar surface area (TPSA) is 67.6 Å². The molecule has 0 aromatic carbocycles. The molecule has 2 unspecified atom stereocenters. The van der Waals surface area contributed by atoms with Crippen LogP contribution < -0.4 is 11.1 Å². The van der Waals surface area contributed by atoms with E-state index in [1.165, 1.54) is 0 Å². The Hall–Kier alpha value is -1.41. The number of likely N-dealkylation sites (N-methyl/N-ethyl adjacent to an activating group) is 1. The predicted molar refractivity (Wildman–Crippen MR) is 86.1 cm³/mol. The molecule has 138 valence electrons. The molecule has 3 N–H and O–H groups in total. The second kappa shape index (κ2) is 7.23. The fourth-order valence-electron chi connectivity index (χ4n) is 2.67. The lowest BCUT2D eigenvalue weighted by atomic mass is 9.85. The molecule has 0 saturated carbocycles. The van der Waals surface area contributed by atoms with Crippen LogP contribution in [0.15, 0.2) is 23.5 Å². The summed E-state index contributed by atoms with van der Waals surface area (Å²) >= 11 is 6.43. The molecule has 0 fully saturated rings. The predicted octanol–water partition coefficient (Wildman–Crippen LogP) is 2.48. The van der Waals surface area contributed by atoms with E-state index < -0.39 is 28.4 Å². The largest absolute Gasteiger partial charge is 0.420 e. The number of carbonyl (C=O) groups is 1. The van der Waals surface area contributed by atoms with Crippen LogP contribution in [0.2, 0.25) is 0 Å². The van der Waals surface area contributed by atoms with E-state index in [2.05, 4.69) is 0 Å². The molecular formula is C15H23ClF3N3O2. The number of hydrogen-bond acceptors (Lipinski definition) is 4. The number of rotatable bonds is 6. The van der Waals surface area contributed by atoms with Crippen LogP contribution in [0.3, 0.4) is 0 Å². The summed E-state index contributed by atoms with van der Waals surface area (Å²) in [5.41, 5.74) is 2.33. The second-order valence-electron chi connectivity index (χ2n) is 5.37. The minimum absolute atomic E-state index is 0.0938. The van der Waals surface area contributed by atoms with Gasteiger partial charge >= 0.3 is 6.18 Å². The third-order valence-corrected chi connectivity index (χ3v) is 4.19. The number of amides is 1. The van der Waals surface area contributed by atoms with Gasteiger partial charge in [-0.25, -0.2) is 0 Å². The molecular weight excluding hydrogens is 347 g/mol. The van der Waals surface area contributed by atoms with Gasteiger partial charge in [-0.3, -0.25) is 4.79 Å². The highest BCUT2D eigenvalue weighted by Crippen LogP contribution is 2.45. The number of nitrogens with zero attached hydrogens (tertiary/aromatic N) is 1. The molecule has 0 saturated heterocycles. The molecule has 0 bridgehead atoms. The van der Waals surface area contributed by atoms with E-state index in [-0.39, 0.29) is 12.3 Å². The van der Waals surface area contributed by atoms with Crippen molar-refractivity contribution in [1.82, 2.24) is 10.2 Å². The van der Waals surface area contributed by atoms with E-state index >= 15 is 0 Å². The zero-order valence-corrected chi connectivity index (χ0v) is 14.9. The first-order chi connectivity index (χ1) is 11.0. The van der Waals surface area contributed by atoms with Crippen molar-refractivity contribution in [1.29, 1.82) is 0 Å². The first-order valence-electron chi connectivity index (χ1n) is 7.62. The zero-order valence-electron chi connectivity index (χ0n) is 14.1. The number of halogens is 4. The van der Waals surface area contributed by atoms with Crippen molar-refractivity contribution < 1.29 is 22.7 Å².